The zero-order valence-electron chi connectivity index (χ0n) is 12.8. The maximum atomic E-state index is 13.6. The molecule has 0 saturated carbocycles. The Morgan fingerprint density at radius 2 is 1.74 bits per heavy atom. The van der Waals surface area contributed by atoms with E-state index in [0.29, 0.717) is 0 Å². The van der Waals surface area contributed by atoms with Gasteiger partial charge in [0.1, 0.15) is 6.04 Å². The summed E-state index contributed by atoms with van der Waals surface area (Å²) in [6.45, 7) is 3.58. The Labute approximate surface area is 132 Å². The van der Waals surface area contributed by atoms with Crippen LogP contribution in [-0.4, -0.2) is 11.9 Å². The predicted molar refractivity (Wildman–Crippen MR) is 83.9 cm³/mol. The van der Waals surface area contributed by atoms with E-state index in [9.17, 15) is 18.0 Å². The monoisotopic (exact) mass is 322 g/mol. The fourth-order valence-electron chi connectivity index (χ4n) is 2.13. The Kier molecular flexibility index (Phi) is 5.26. The van der Waals surface area contributed by atoms with Gasteiger partial charge < -0.3 is 10.6 Å². The zero-order valence-corrected chi connectivity index (χ0v) is 12.8. The third-order valence-electron chi connectivity index (χ3n) is 3.46. The quantitative estimate of drug-likeness (QED) is 0.814. The van der Waals surface area contributed by atoms with Gasteiger partial charge in [-0.15, -0.1) is 0 Å². The van der Waals surface area contributed by atoms with Gasteiger partial charge in [0, 0.05) is 5.69 Å². The molecule has 0 aromatic heterocycles. The second kappa shape index (κ2) is 7.17. The topological polar surface area (TPSA) is 41.1 Å². The van der Waals surface area contributed by atoms with Crippen LogP contribution in [0.5, 0.6) is 0 Å². The molecule has 0 saturated heterocycles. The minimum absolute atomic E-state index is 0.397. The highest BCUT2D eigenvalue weighted by molar-refractivity contribution is 5.96. The lowest BCUT2D eigenvalue weighted by Gasteiger charge is -2.18. The van der Waals surface area contributed by atoms with Crippen molar-refractivity contribution in [2.75, 3.05) is 10.6 Å². The number of benzene rings is 2. The third kappa shape index (κ3) is 3.83. The number of hydrogen-bond donors (Lipinski definition) is 2. The van der Waals surface area contributed by atoms with E-state index < -0.39 is 35.1 Å². The molecular formula is C17H17F3N2O. The SMILES string of the molecule is CCc1ccccc1N[C@@H](C)C(=O)Nc1ccc(F)c(F)c1F. The molecule has 0 aliphatic carbocycles. The molecule has 0 aliphatic rings. The fourth-order valence-corrected chi connectivity index (χ4v) is 2.13. The lowest BCUT2D eigenvalue weighted by atomic mass is 10.1. The highest BCUT2D eigenvalue weighted by atomic mass is 19.2. The molecule has 0 bridgehead atoms. The van der Waals surface area contributed by atoms with Crippen molar-refractivity contribution in [1.29, 1.82) is 0 Å². The average Bonchev–Trinajstić information content (AvgIpc) is 2.55. The van der Waals surface area contributed by atoms with Crippen LogP contribution in [0.1, 0.15) is 19.4 Å². The maximum absolute atomic E-state index is 13.6. The molecule has 2 N–H and O–H groups in total. The van der Waals surface area contributed by atoms with Gasteiger partial charge in [0.25, 0.3) is 0 Å². The van der Waals surface area contributed by atoms with Crippen LogP contribution in [-0.2, 0) is 11.2 Å². The first-order valence-corrected chi connectivity index (χ1v) is 7.22. The van der Waals surface area contributed by atoms with Crippen molar-refractivity contribution < 1.29 is 18.0 Å². The van der Waals surface area contributed by atoms with E-state index in [-0.39, 0.29) is 0 Å². The van der Waals surface area contributed by atoms with Gasteiger partial charge in [0.05, 0.1) is 5.69 Å². The van der Waals surface area contributed by atoms with E-state index in [0.717, 1.165) is 29.8 Å². The molecule has 1 amide bonds. The summed E-state index contributed by atoms with van der Waals surface area (Å²) in [5.41, 5.74) is 1.43. The lowest BCUT2D eigenvalue weighted by Crippen LogP contribution is -2.32. The number of para-hydroxylation sites is 1. The minimum atomic E-state index is -1.61. The van der Waals surface area contributed by atoms with Gasteiger partial charge >= 0.3 is 0 Å². The highest BCUT2D eigenvalue weighted by Gasteiger charge is 2.19. The maximum Gasteiger partial charge on any atom is 0.246 e. The number of aryl methyl sites for hydroxylation is 1. The summed E-state index contributed by atoms with van der Waals surface area (Å²) in [7, 11) is 0. The fraction of sp³-hybridized carbons (Fsp3) is 0.235. The largest absolute Gasteiger partial charge is 0.374 e. The number of hydrogen-bond acceptors (Lipinski definition) is 2. The summed E-state index contributed by atoms with van der Waals surface area (Å²) < 4.78 is 39.6. The number of nitrogens with one attached hydrogen (secondary N) is 2. The van der Waals surface area contributed by atoms with Gasteiger partial charge in [-0.05, 0) is 37.1 Å². The minimum Gasteiger partial charge on any atom is -0.374 e. The van der Waals surface area contributed by atoms with Gasteiger partial charge in [-0.2, -0.15) is 0 Å². The van der Waals surface area contributed by atoms with Crippen molar-refractivity contribution in [2.45, 2.75) is 26.3 Å². The molecule has 2 aromatic carbocycles. The van der Waals surface area contributed by atoms with E-state index in [1.54, 1.807) is 6.92 Å². The van der Waals surface area contributed by atoms with Gasteiger partial charge in [0.15, 0.2) is 17.5 Å². The summed E-state index contributed by atoms with van der Waals surface area (Å²) in [5, 5.41) is 5.28. The second-order valence-corrected chi connectivity index (χ2v) is 5.09. The van der Waals surface area contributed by atoms with Crippen molar-refractivity contribution in [2.24, 2.45) is 0 Å². The lowest BCUT2D eigenvalue weighted by molar-refractivity contribution is -0.116. The molecule has 3 nitrogen and oxygen atoms in total. The predicted octanol–water partition coefficient (Wildman–Crippen LogP) is 4.11. The summed E-state index contributed by atoms with van der Waals surface area (Å²) in [4.78, 5) is 12.1. The van der Waals surface area contributed by atoms with Crippen LogP contribution in [0.15, 0.2) is 36.4 Å². The normalized spacial score (nSPS) is 11.9. The molecule has 0 unspecified atom stereocenters. The number of amides is 1. The highest BCUT2D eigenvalue weighted by Crippen LogP contribution is 2.21. The molecule has 0 aliphatic heterocycles. The third-order valence-corrected chi connectivity index (χ3v) is 3.46. The van der Waals surface area contributed by atoms with Crippen molar-refractivity contribution in [1.82, 2.24) is 0 Å². The van der Waals surface area contributed by atoms with Crippen molar-refractivity contribution >= 4 is 17.3 Å². The molecule has 2 aromatic rings. The molecule has 1 atom stereocenters. The average molecular weight is 322 g/mol. The molecule has 0 heterocycles. The Morgan fingerprint density at radius 3 is 2.43 bits per heavy atom. The van der Waals surface area contributed by atoms with Gasteiger partial charge in [-0.3, -0.25) is 4.79 Å². The summed E-state index contributed by atoms with van der Waals surface area (Å²) in [6, 6.07) is 8.56. The number of halogens is 3. The van der Waals surface area contributed by atoms with E-state index in [1.807, 2.05) is 31.2 Å². The number of carbonyl (C=O) groups is 1. The van der Waals surface area contributed by atoms with Crippen molar-refractivity contribution in [3.8, 4) is 0 Å². The Hall–Kier alpha value is -2.50. The molecule has 23 heavy (non-hydrogen) atoms. The summed E-state index contributed by atoms with van der Waals surface area (Å²) in [5.74, 6) is -4.89. The smallest absolute Gasteiger partial charge is 0.246 e. The molecule has 0 fully saturated rings. The zero-order chi connectivity index (χ0) is 17.0. The van der Waals surface area contributed by atoms with Crippen LogP contribution < -0.4 is 10.6 Å². The molecular weight excluding hydrogens is 305 g/mol. The van der Waals surface area contributed by atoms with Gasteiger partial charge in [-0.1, -0.05) is 25.1 Å². The second-order valence-electron chi connectivity index (χ2n) is 5.09. The molecule has 6 heteroatoms. The number of anilines is 2. The molecule has 2 rings (SSSR count). The van der Waals surface area contributed by atoms with Gasteiger partial charge in [0.2, 0.25) is 5.91 Å². The molecule has 122 valence electrons. The van der Waals surface area contributed by atoms with Crippen molar-refractivity contribution in [3.05, 3.63) is 59.4 Å². The molecule has 0 spiro atoms. The molecule has 0 radical (unpaired) electrons. The Balaban J connectivity index is 2.10. The van der Waals surface area contributed by atoms with Crippen LogP contribution in [0, 0.1) is 17.5 Å². The van der Waals surface area contributed by atoms with Crippen LogP contribution in [0.3, 0.4) is 0 Å². The number of rotatable bonds is 5. The first-order valence-electron chi connectivity index (χ1n) is 7.22. The first kappa shape index (κ1) is 16.9. The summed E-state index contributed by atoms with van der Waals surface area (Å²) in [6.07, 6.45) is 0.787. The number of carbonyl (C=O) groups excluding carboxylic acids is 1. The van der Waals surface area contributed by atoms with Crippen LogP contribution in [0.25, 0.3) is 0 Å². The van der Waals surface area contributed by atoms with E-state index >= 15 is 0 Å². The summed E-state index contributed by atoms with van der Waals surface area (Å²) >= 11 is 0. The van der Waals surface area contributed by atoms with Crippen LogP contribution in [0.4, 0.5) is 24.5 Å². The Bertz CT molecular complexity index is 719. The standard InChI is InChI=1S/C17H17F3N2O/c1-3-11-6-4-5-7-13(11)21-10(2)17(23)22-14-9-8-12(18)15(19)16(14)20/h4-10,21H,3H2,1-2H3,(H,22,23)/t10-/m0/s1. The van der Waals surface area contributed by atoms with Crippen LogP contribution in [0.2, 0.25) is 0 Å². The van der Waals surface area contributed by atoms with Crippen molar-refractivity contribution in [3.63, 3.8) is 0 Å². The van der Waals surface area contributed by atoms with E-state index in [2.05, 4.69) is 10.6 Å². The Morgan fingerprint density at radius 1 is 1.04 bits per heavy atom. The van der Waals surface area contributed by atoms with Crippen LogP contribution >= 0.6 is 0 Å². The van der Waals surface area contributed by atoms with E-state index in [4.69, 9.17) is 0 Å². The first-order chi connectivity index (χ1) is 10.9. The van der Waals surface area contributed by atoms with E-state index in [1.165, 1.54) is 0 Å². The van der Waals surface area contributed by atoms with Gasteiger partial charge in [-0.25, -0.2) is 13.2 Å².